The Labute approximate surface area is 193 Å². The van der Waals surface area contributed by atoms with Gasteiger partial charge in [0.1, 0.15) is 5.75 Å². The molecule has 1 spiro atoms. The summed E-state index contributed by atoms with van der Waals surface area (Å²) in [5.41, 5.74) is -1.08. The van der Waals surface area contributed by atoms with Gasteiger partial charge in [-0.15, -0.1) is 0 Å². The first-order chi connectivity index (χ1) is 16.3. The highest BCUT2D eigenvalue weighted by Crippen LogP contribution is 2.38. The topological polar surface area (TPSA) is 153 Å². The smallest absolute Gasteiger partial charge is 0.328 e. The van der Waals surface area contributed by atoms with Crippen molar-refractivity contribution in [2.24, 2.45) is 0 Å². The highest BCUT2D eigenvalue weighted by atomic mass is 32.2. The molecule has 2 aliphatic rings. The van der Waals surface area contributed by atoms with Crippen molar-refractivity contribution in [2.45, 2.75) is 18.5 Å². The number of urea groups is 1. The third kappa shape index (κ3) is 3.65. The van der Waals surface area contributed by atoms with Crippen molar-refractivity contribution >= 4 is 33.6 Å². The number of nitrogens with zero attached hydrogens (tertiary/aromatic N) is 4. The van der Waals surface area contributed by atoms with Crippen LogP contribution in [0.3, 0.4) is 0 Å². The van der Waals surface area contributed by atoms with Crippen molar-refractivity contribution in [3.63, 3.8) is 0 Å². The van der Waals surface area contributed by atoms with E-state index in [4.69, 9.17) is 4.74 Å². The zero-order valence-electron chi connectivity index (χ0n) is 17.5. The lowest BCUT2D eigenvalue weighted by molar-refractivity contribution is -0.137. The van der Waals surface area contributed by atoms with Crippen LogP contribution < -0.4 is 19.7 Å². The van der Waals surface area contributed by atoms with Gasteiger partial charge in [-0.2, -0.15) is 5.10 Å². The second-order valence-electron chi connectivity index (χ2n) is 7.73. The van der Waals surface area contributed by atoms with Gasteiger partial charge in [0.05, 0.1) is 24.2 Å². The van der Waals surface area contributed by atoms with Gasteiger partial charge in [0.2, 0.25) is 21.4 Å². The number of sulfonamides is 1. The number of carbonyl (C=O) groups excluding carboxylic acids is 3. The van der Waals surface area contributed by atoms with Gasteiger partial charge in [-0.05, 0) is 29.8 Å². The Morgan fingerprint density at radius 2 is 1.76 bits per heavy atom. The summed E-state index contributed by atoms with van der Waals surface area (Å²) >= 11 is 0. The van der Waals surface area contributed by atoms with Crippen molar-refractivity contribution in [3.8, 4) is 11.6 Å². The van der Waals surface area contributed by atoms with Crippen molar-refractivity contribution in [1.82, 2.24) is 25.4 Å². The number of nitrogens with one attached hydrogen (secondary N) is 2. The van der Waals surface area contributed by atoms with Gasteiger partial charge >= 0.3 is 6.03 Å². The second-order valence-corrected chi connectivity index (χ2v) is 9.67. The fourth-order valence-electron chi connectivity index (χ4n) is 3.96. The first kappa shape index (κ1) is 21.6. The van der Waals surface area contributed by atoms with Crippen molar-refractivity contribution < 1.29 is 27.5 Å². The fraction of sp³-hybridized carbons (Fsp3) is 0.190. The molecular weight excluding hydrogens is 464 g/mol. The van der Waals surface area contributed by atoms with Gasteiger partial charge in [-0.1, -0.05) is 12.1 Å². The van der Waals surface area contributed by atoms with E-state index in [2.05, 4.69) is 10.1 Å². The summed E-state index contributed by atoms with van der Waals surface area (Å²) in [4.78, 5) is 40.8. The van der Waals surface area contributed by atoms with Gasteiger partial charge in [0.25, 0.3) is 11.8 Å². The lowest BCUT2D eigenvalue weighted by Gasteiger charge is -2.37. The summed E-state index contributed by atoms with van der Waals surface area (Å²) in [6.45, 7) is 0.610. The molecule has 34 heavy (non-hydrogen) atoms. The molecule has 2 saturated heterocycles. The van der Waals surface area contributed by atoms with E-state index in [1.54, 1.807) is 23.0 Å². The normalized spacial score (nSPS) is 18.6. The predicted molar refractivity (Wildman–Crippen MR) is 117 cm³/mol. The zero-order valence-corrected chi connectivity index (χ0v) is 18.4. The van der Waals surface area contributed by atoms with Crippen LogP contribution in [0.2, 0.25) is 0 Å². The summed E-state index contributed by atoms with van der Waals surface area (Å²) in [5, 5.41) is 8.11. The van der Waals surface area contributed by atoms with Crippen LogP contribution in [0.4, 0.5) is 10.5 Å². The van der Waals surface area contributed by atoms with E-state index in [1.165, 1.54) is 18.3 Å². The molecule has 2 fully saturated rings. The molecule has 4 heterocycles. The van der Waals surface area contributed by atoms with E-state index < -0.39 is 39.2 Å². The SMILES string of the molecule is O=C1NC(=O)C2(CCS(=O)(=O)N2c2ccc(Oc3ccc(Cn4cccn4)cc3)nc2)C(=O)N1. The van der Waals surface area contributed by atoms with Crippen LogP contribution in [0.15, 0.2) is 61.1 Å². The van der Waals surface area contributed by atoms with Crippen LogP contribution in [0.5, 0.6) is 11.6 Å². The highest BCUT2D eigenvalue weighted by Gasteiger charge is 2.62. The predicted octanol–water partition coefficient (Wildman–Crippen LogP) is 0.763. The third-order valence-electron chi connectivity index (χ3n) is 5.56. The number of hydrogen-bond acceptors (Lipinski definition) is 8. The van der Waals surface area contributed by atoms with Crippen LogP contribution >= 0.6 is 0 Å². The Hall–Kier alpha value is -4.26. The van der Waals surface area contributed by atoms with E-state index in [0.29, 0.717) is 12.3 Å². The van der Waals surface area contributed by atoms with Crippen molar-refractivity contribution in [3.05, 3.63) is 66.6 Å². The Kier molecular flexibility index (Phi) is 5.05. The average molecular weight is 482 g/mol. The molecule has 1 aromatic carbocycles. The molecular formula is C21H18N6O6S. The van der Waals surface area contributed by atoms with E-state index in [-0.39, 0.29) is 18.0 Å². The molecule has 4 amide bonds. The molecule has 174 valence electrons. The minimum absolute atomic E-state index is 0.000862. The number of aromatic nitrogens is 3. The van der Waals surface area contributed by atoms with E-state index in [1.807, 2.05) is 35.0 Å². The molecule has 13 heteroatoms. The quantitative estimate of drug-likeness (QED) is 0.506. The first-order valence-electron chi connectivity index (χ1n) is 10.2. The van der Waals surface area contributed by atoms with Gasteiger partial charge in [-0.25, -0.2) is 22.5 Å². The largest absolute Gasteiger partial charge is 0.439 e. The van der Waals surface area contributed by atoms with Crippen LogP contribution in [0.1, 0.15) is 12.0 Å². The van der Waals surface area contributed by atoms with E-state index in [9.17, 15) is 22.8 Å². The Morgan fingerprint density at radius 3 is 2.38 bits per heavy atom. The number of rotatable bonds is 5. The van der Waals surface area contributed by atoms with Crippen LogP contribution in [-0.4, -0.2) is 52.3 Å². The summed E-state index contributed by atoms with van der Waals surface area (Å²) in [6.07, 6.45) is 4.46. The highest BCUT2D eigenvalue weighted by molar-refractivity contribution is 7.93. The minimum atomic E-state index is -4.02. The third-order valence-corrected chi connectivity index (χ3v) is 7.36. The number of amides is 4. The molecule has 0 aliphatic carbocycles. The maximum atomic E-state index is 12.7. The van der Waals surface area contributed by atoms with Crippen LogP contribution in [-0.2, 0) is 26.2 Å². The number of anilines is 1. The number of barbiturate groups is 1. The Balaban J connectivity index is 1.36. The van der Waals surface area contributed by atoms with Crippen molar-refractivity contribution in [2.75, 3.05) is 10.1 Å². The number of pyridine rings is 1. The number of imide groups is 2. The lowest BCUT2D eigenvalue weighted by atomic mass is 9.92. The second kappa shape index (κ2) is 7.95. The average Bonchev–Trinajstić information content (AvgIpc) is 3.40. The van der Waals surface area contributed by atoms with Crippen LogP contribution in [0, 0.1) is 0 Å². The molecule has 12 nitrogen and oxygen atoms in total. The molecule has 2 N–H and O–H groups in total. The van der Waals surface area contributed by atoms with Crippen LogP contribution in [0.25, 0.3) is 0 Å². The molecule has 0 atom stereocenters. The van der Waals surface area contributed by atoms with E-state index in [0.717, 1.165) is 9.87 Å². The number of ether oxygens (including phenoxy) is 1. The maximum absolute atomic E-state index is 12.7. The number of carbonyl (C=O) groups is 3. The van der Waals surface area contributed by atoms with E-state index >= 15 is 0 Å². The molecule has 0 bridgehead atoms. The first-order valence-corrected chi connectivity index (χ1v) is 11.8. The lowest BCUT2D eigenvalue weighted by Crippen LogP contribution is -2.71. The van der Waals surface area contributed by atoms with Gasteiger partial charge in [0.15, 0.2) is 0 Å². The molecule has 5 rings (SSSR count). The molecule has 2 aliphatic heterocycles. The van der Waals surface area contributed by atoms with Crippen molar-refractivity contribution in [1.29, 1.82) is 0 Å². The number of benzene rings is 1. The molecule has 0 unspecified atom stereocenters. The summed E-state index contributed by atoms with van der Waals surface area (Å²) < 4.78 is 33.7. The standard InChI is InChI=1S/C21H18N6O6S/c28-18-21(19(29)25-20(30)24-18)8-11-34(31,32)27(21)15-4-7-17(22-12-15)33-16-5-2-14(3-6-16)13-26-10-1-9-23-26/h1-7,9-10,12H,8,11,13H2,(H2,24,25,28,29,30). The molecule has 3 aromatic rings. The molecule has 0 radical (unpaired) electrons. The molecule has 2 aromatic heterocycles. The zero-order chi connectivity index (χ0) is 23.9. The van der Waals surface area contributed by atoms with Gasteiger partial charge < -0.3 is 4.74 Å². The Bertz CT molecular complexity index is 1350. The Morgan fingerprint density at radius 1 is 1.03 bits per heavy atom. The minimum Gasteiger partial charge on any atom is -0.439 e. The molecule has 0 saturated carbocycles. The number of hydrogen-bond donors (Lipinski definition) is 2. The monoisotopic (exact) mass is 482 g/mol. The summed E-state index contributed by atoms with van der Waals surface area (Å²) in [5.74, 6) is -1.75. The maximum Gasteiger partial charge on any atom is 0.328 e. The van der Waals surface area contributed by atoms with Gasteiger partial charge in [-0.3, -0.25) is 24.9 Å². The van der Waals surface area contributed by atoms with Gasteiger partial charge in [0, 0.05) is 24.9 Å². The summed E-state index contributed by atoms with van der Waals surface area (Å²) in [7, 11) is -4.02. The fourth-order valence-corrected chi connectivity index (χ4v) is 5.86. The summed E-state index contributed by atoms with van der Waals surface area (Å²) in [6, 6.07) is 11.0.